The first kappa shape index (κ1) is 10.9. The molecule has 1 aromatic rings. The standard InChI is InChI=1S/C12H13IO2/c13-9-12(8-4-7-11(14)15-12)10-5-2-1-3-6-10/h1-3,5-6H,4,7-9H2/t12-/m1/s1. The van der Waals surface area contributed by atoms with Crippen LogP contribution in [0, 0.1) is 0 Å². The van der Waals surface area contributed by atoms with Crippen molar-refractivity contribution in [3.05, 3.63) is 35.9 Å². The van der Waals surface area contributed by atoms with Crippen molar-refractivity contribution < 1.29 is 9.53 Å². The zero-order chi connectivity index (χ0) is 10.7. The molecule has 0 bridgehead atoms. The Morgan fingerprint density at radius 3 is 2.67 bits per heavy atom. The predicted molar refractivity (Wildman–Crippen MR) is 67.0 cm³/mol. The van der Waals surface area contributed by atoms with Crippen LogP contribution in [0.25, 0.3) is 0 Å². The van der Waals surface area contributed by atoms with Crippen LogP contribution in [0.2, 0.25) is 0 Å². The van der Waals surface area contributed by atoms with Crippen LogP contribution in [-0.2, 0) is 15.1 Å². The normalized spacial score (nSPS) is 26.1. The minimum atomic E-state index is -0.378. The Labute approximate surface area is 103 Å². The Balaban J connectivity index is 2.32. The van der Waals surface area contributed by atoms with Gasteiger partial charge in [0.25, 0.3) is 0 Å². The van der Waals surface area contributed by atoms with Gasteiger partial charge in [-0.3, -0.25) is 4.79 Å². The summed E-state index contributed by atoms with van der Waals surface area (Å²) >= 11 is 2.30. The monoisotopic (exact) mass is 316 g/mol. The van der Waals surface area contributed by atoms with Crippen LogP contribution in [0.15, 0.2) is 30.3 Å². The van der Waals surface area contributed by atoms with Crippen molar-refractivity contribution in [1.82, 2.24) is 0 Å². The molecule has 3 heteroatoms. The molecule has 0 amide bonds. The summed E-state index contributed by atoms with van der Waals surface area (Å²) in [5, 5.41) is 0. The number of rotatable bonds is 2. The molecule has 1 heterocycles. The lowest BCUT2D eigenvalue weighted by Gasteiger charge is -2.35. The Kier molecular flexibility index (Phi) is 3.29. The van der Waals surface area contributed by atoms with Gasteiger partial charge in [-0.25, -0.2) is 0 Å². The summed E-state index contributed by atoms with van der Waals surface area (Å²) in [5.41, 5.74) is 0.740. The van der Waals surface area contributed by atoms with Crippen LogP contribution in [0.5, 0.6) is 0 Å². The lowest BCUT2D eigenvalue weighted by atomic mass is 9.88. The molecule has 1 saturated heterocycles. The van der Waals surface area contributed by atoms with Gasteiger partial charge in [0.2, 0.25) is 0 Å². The first-order valence-electron chi connectivity index (χ1n) is 5.10. The highest BCUT2D eigenvalue weighted by Crippen LogP contribution is 2.37. The van der Waals surface area contributed by atoms with E-state index in [9.17, 15) is 4.79 Å². The third-order valence-corrected chi connectivity index (χ3v) is 4.02. The Morgan fingerprint density at radius 2 is 2.07 bits per heavy atom. The third kappa shape index (κ3) is 2.17. The second-order valence-electron chi connectivity index (χ2n) is 3.82. The number of cyclic esters (lactones) is 1. The maximum absolute atomic E-state index is 11.4. The summed E-state index contributed by atoms with van der Waals surface area (Å²) < 4.78 is 6.38. The van der Waals surface area contributed by atoms with Gasteiger partial charge < -0.3 is 4.74 Å². The number of alkyl halides is 1. The van der Waals surface area contributed by atoms with E-state index in [0.717, 1.165) is 22.8 Å². The topological polar surface area (TPSA) is 26.3 Å². The van der Waals surface area contributed by atoms with E-state index in [-0.39, 0.29) is 11.6 Å². The molecule has 0 aromatic heterocycles. The van der Waals surface area contributed by atoms with Gasteiger partial charge in [0.05, 0.1) is 0 Å². The molecule has 1 aliphatic heterocycles. The van der Waals surface area contributed by atoms with Gasteiger partial charge in [-0.2, -0.15) is 0 Å². The maximum atomic E-state index is 11.4. The van der Waals surface area contributed by atoms with Gasteiger partial charge in [-0.05, 0) is 18.4 Å². The van der Waals surface area contributed by atoms with E-state index in [1.807, 2.05) is 30.3 Å². The van der Waals surface area contributed by atoms with Crippen molar-refractivity contribution in [1.29, 1.82) is 0 Å². The molecule has 2 rings (SSSR count). The van der Waals surface area contributed by atoms with Gasteiger partial charge in [-0.15, -0.1) is 0 Å². The maximum Gasteiger partial charge on any atom is 0.306 e. The second kappa shape index (κ2) is 4.51. The summed E-state index contributed by atoms with van der Waals surface area (Å²) in [5.74, 6) is -0.0678. The van der Waals surface area contributed by atoms with E-state index in [2.05, 4.69) is 22.6 Å². The highest BCUT2D eigenvalue weighted by molar-refractivity contribution is 14.1. The molecule has 80 valence electrons. The zero-order valence-electron chi connectivity index (χ0n) is 8.41. The fourth-order valence-corrected chi connectivity index (χ4v) is 2.93. The Bertz CT molecular complexity index is 350. The lowest BCUT2D eigenvalue weighted by Crippen LogP contribution is -2.37. The van der Waals surface area contributed by atoms with Crippen molar-refractivity contribution in [2.75, 3.05) is 4.43 Å². The van der Waals surface area contributed by atoms with Crippen LogP contribution in [0.1, 0.15) is 24.8 Å². The molecule has 1 aromatic carbocycles. The number of benzene rings is 1. The van der Waals surface area contributed by atoms with E-state index in [1.54, 1.807) is 0 Å². The van der Waals surface area contributed by atoms with E-state index >= 15 is 0 Å². The highest BCUT2D eigenvalue weighted by Gasteiger charge is 2.37. The van der Waals surface area contributed by atoms with Gasteiger partial charge in [0, 0.05) is 10.8 Å². The molecule has 1 aliphatic rings. The number of carbonyl (C=O) groups is 1. The van der Waals surface area contributed by atoms with E-state index in [0.29, 0.717) is 6.42 Å². The minimum absolute atomic E-state index is 0.0678. The largest absolute Gasteiger partial charge is 0.453 e. The first-order chi connectivity index (χ1) is 7.27. The number of carbonyl (C=O) groups excluding carboxylic acids is 1. The minimum Gasteiger partial charge on any atom is -0.453 e. The summed E-state index contributed by atoms with van der Waals surface area (Å²) in [7, 11) is 0. The van der Waals surface area contributed by atoms with E-state index in [1.165, 1.54) is 0 Å². The molecular formula is C12H13IO2. The van der Waals surface area contributed by atoms with E-state index < -0.39 is 0 Å². The number of hydrogen-bond acceptors (Lipinski definition) is 2. The smallest absolute Gasteiger partial charge is 0.306 e. The molecule has 1 fully saturated rings. The molecule has 0 spiro atoms. The third-order valence-electron chi connectivity index (χ3n) is 2.79. The van der Waals surface area contributed by atoms with Crippen molar-refractivity contribution in [2.24, 2.45) is 0 Å². The molecular weight excluding hydrogens is 303 g/mol. The first-order valence-corrected chi connectivity index (χ1v) is 6.63. The fourth-order valence-electron chi connectivity index (χ4n) is 1.95. The second-order valence-corrected chi connectivity index (χ2v) is 4.58. The summed E-state index contributed by atoms with van der Waals surface area (Å²) in [6.45, 7) is 0. The van der Waals surface area contributed by atoms with Crippen LogP contribution in [0.3, 0.4) is 0 Å². The molecule has 0 saturated carbocycles. The van der Waals surface area contributed by atoms with Crippen LogP contribution in [0.4, 0.5) is 0 Å². The van der Waals surface area contributed by atoms with Crippen LogP contribution < -0.4 is 0 Å². The average Bonchev–Trinajstić information content (AvgIpc) is 2.30. The number of halogens is 1. The molecule has 2 nitrogen and oxygen atoms in total. The SMILES string of the molecule is O=C1CCC[C@@](CI)(c2ccccc2)O1. The van der Waals surface area contributed by atoms with E-state index in [4.69, 9.17) is 4.74 Å². The Morgan fingerprint density at radius 1 is 1.33 bits per heavy atom. The number of esters is 1. The van der Waals surface area contributed by atoms with Gasteiger partial charge in [-0.1, -0.05) is 52.9 Å². The molecule has 0 radical (unpaired) electrons. The van der Waals surface area contributed by atoms with Gasteiger partial charge in [0.1, 0.15) is 5.60 Å². The average molecular weight is 316 g/mol. The van der Waals surface area contributed by atoms with Crippen molar-refractivity contribution >= 4 is 28.6 Å². The lowest BCUT2D eigenvalue weighted by molar-refractivity contribution is -0.165. The molecule has 1 atom stereocenters. The number of hydrogen-bond donors (Lipinski definition) is 0. The molecule has 0 N–H and O–H groups in total. The highest BCUT2D eigenvalue weighted by atomic mass is 127. The van der Waals surface area contributed by atoms with Gasteiger partial charge in [0.15, 0.2) is 0 Å². The summed E-state index contributed by atoms with van der Waals surface area (Å²) in [4.78, 5) is 11.4. The molecule has 0 unspecified atom stereocenters. The number of ether oxygens (including phenoxy) is 1. The molecule has 0 aliphatic carbocycles. The quantitative estimate of drug-likeness (QED) is 0.476. The van der Waals surface area contributed by atoms with Crippen molar-refractivity contribution in [3.63, 3.8) is 0 Å². The van der Waals surface area contributed by atoms with Gasteiger partial charge >= 0.3 is 5.97 Å². The zero-order valence-corrected chi connectivity index (χ0v) is 10.6. The summed E-state index contributed by atoms with van der Waals surface area (Å²) in [6, 6.07) is 10.0. The van der Waals surface area contributed by atoms with Crippen molar-refractivity contribution in [2.45, 2.75) is 24.9 Å². The van der Waals surface area contributed by atoms with Crippen molar-refractivity contribution in [3.8, 4) is 0 Å². The van der Waals surface area contributed by atoms with Crippen LogP contribution >= 0.6 is 22.6 Å². The molecule has 15 heavy (non-hydrogen) atoms. The summed E-state index contributed by atoms with van der Waals surface area (Å²) in [6.07, 6.45) is 2.42. The predicted octanol–water partition coefficient (Wildman–Crippen LogP) is 3.04. The van der Waals surface area contributed by atoms with Crippen LogP contribution in [-0.4, -0.2) is 10.4 Å². The Hall–Kier alpha value is -0.580. The fraction of sp³-hybridized carbons (Fsp3) is 0.417.